The second-order valence-electron chi connectivity index (χ2n) is 5.70. The van der Waals surface area contributed by atoms with Crippen molar-refractivity contribution in [2.45, 2.75) is 6.42 Å². The fourth-order valence-corrected chi connectivity index (χ4v) is 4.64. The maximum absolute atomic E-state index is 12.6. The number of carbonyl (C=O) groups excluding carboxylic acids is 1. The highest BCUT2D eigenvalue weighted by molar-refractivity contribution is 14.1. The molecule has 27 heavy (non-hydrogen) atoms. The predicted octanol–water partition coefficient (Wildman–Crippen LogP) is 7.13. The van der Waals surface area contributed by atoms with E-state index in [0.29, 0.717) is 30.7 Å². The van der Waals surface area contributed by atoms with E-state index >= 15 is 0 Å². The van der Waals surface area contributed by atoms with Crippen molar-refractivity contribution in [1.82, 2.24) is 0 Å². The van der Waals surface area contributed by atoms with Crippen molar-refractivity contribution in [3.8, 4) is 17.2 Å². The Bertz CT molecular complexity index is 1000. The van der Waals surface area contributed by atoms with Crippen molar-refractivity contribution in [2.24, 2.45) is 0 Å². The first-order valence-corrected chi connectivity index (χ1v) is 10.7. The summed E-state index contributed by atoms with van der Waals surface area (Å²) in [6.45, 7) is 0. The number of ketones is 1. The van der Waals surface area contributed by atoms with Gasteiger partial charge in [0, 0.05) is 15.0 Å². The third-order valence-electron chi connectivity index (χ3n) is 3.73. The van der Waals surface area contributed by atoms with Crippen LogP contribution < -0.4 is 4.74 Å². The number of hydrogen-bond donors (Lipinski definition) is 1. The third-order valence-corrected chi connectivity index (χ3v) is 5.72. The van der Waals surface area contributed by atoms with Crippen molar-refractivity contribution in [2.75, 3.05) is 0 Å². The van der Waals surface area contributed by atoms with Crippen LogP contribution in [0.25, 0.3) is 0 Å². The first-order chi connectivity index (χ1) is 12.8. The molecule has 3 nitrogen and oxygen atoms in total. The first-order valence-electron chi connectivity index (χ1n) is 7.76. The van der Waals surface area contributed by atoms with Gasteiger partial charge in [0.1, 0.15) is 17.2 Å². The number of phenols is 1. The molecular formula is C20H12Cl2I2O3. The number of Topliss-reactive ketones (excluding diaryl/α,β-unsaturated/α-hetero) is 1. The van der Waals surface area contributed by atoms with Gasteiger partial charge in [-0.15, -0.1) is 0 Å². The van der Waals surface area contributed by atoms with Crippen LogP contribution >= 0.6 is 68.4 Å². The van der Waals surface area contributed by atoms with Crippen LogP contribution in [0.3, 0.4) is 0 Å². The number of hydrogen-bond acceptors (Lipinski definition) is 3. The minimum absolute atomic E-state index is 0.00908. The highest BCUT2D eigenvalue weighted by Crippen LogP contribution is 2.32. The van der Waals surface area contributed by atoms with Crippen LogP contribution in [0.2, 0.25) is 10.0 Å². The Balaban J connectivity index is 1.78. The summed E-state index contributed by atoms with van der Waals surface area (Å²) in [7, 11) is 0. The van der Waals surface area contributed by atoms with Crippen LogP contribution in [0.5, 0.6) is 17.2 Å². The van der Waals surface area contributed by atoms with Gasteiger partial charge in [-0.05, 0) is 99.3 Å². The highest BCUT2D eigenvalue weighted by Gasteiger charge is 2.16. The average molecular weight is 625 g/mol. The van der Waals surface area contributed by atoms with Gasteiger partial charge >= 0.3 is 0 Å². The maximum atomic E-state index is 12.6. The Kier molecular flexibility index (Phi) is 6.88. The Morgan fingerprint density at radius 3 is 2.37 bits per heavy atom. The second kappa shape index (κ2) is 8.98. The van der Waals surface area contributed by atoms with E-state index in [1.165, 1.54) is 0 Å². The molecule has 0 heterocycles. The molecule has 1 N–H and O–H groups in total. The monoisotopic (exact) mass is 624 g/mol. The molecule has 0 aromatic heterocycles. The molecule has 0 aliphatic rings. The van der Waals surface area contributed by atoms with Crippen LogP contribution in [0.4, 0.5) is 0 Å². The topological polar surface area (TPSA) is 46.5 Å². The second-order valence-corrected chi connectivity index (χ2v) is 8.96. The number of aromatic hydroxyl groups is 1. The smallest absolute Gasteiger partial charge is 0.171 e. The lowest BCUT2D eigenvalue weighted by molar-refractivity contribution is 0.0990. The van der Waals surface area contributed by atoms with Gasteiger partial charge in [0.15, 0.2) is 5.78 Å². The SMILES string of the molecule is O=C(Cc1ccc(Oc2ccc(Cl)cc2)c(Cl)c1)c1cc(I)cc(I)c1O. The van der Waals surface area contributed by atoms with E-state index in [1.807, 2.05) is 28.7 Å². The summed E-state index contributed by atoms with van der Waals surface area (Å²) >= 11 is 16.3. The maximum Gasteiger partial charge on any atom is 0.171 e. The minimum Gasteiger partial charge on any atom is -0.506 e. The van der Waals surface area contributed by atoms with E-state index in [9.17, 15) is 9.90 Å². The van der Waals surface area contributed by atoms with Crippen molar-refractivity contribution >= 4 is 74.2 Å². The fourth-order valence-electron chi connectivity index (χ4n) is 2.43. The normalized spacial score (nSPS) is 10.7. The first kappa shape index (κ1) is 20.7. The molecule has 3 rings (SSSR count). The van der Waals surface area contributed by atoms with Crippen LogP contribution in [-0.2, 0) is 6.42 Å². The number of phenolic OH excluding ortho intramolecular Hbond substituents is 1. The summed E-state index contributed by atoms with van der Waals surface area (Å²) in [6.07, 6.45) is 0.130. The number of carbonyl (C=O) groups is 1. The largest absolute Gasteiger partial charge is 0.506 e. The van der Waals surface area contributed by atoms with Crippen molar-refractivity contribution in [3.63, 3.8) is 0 Å². The van der Waals surface area contributed by atoms with Crippen molar-refractivity contribution in [1.29, 1.82) is 0 Å². The van der Waals surface area contributed by atoms with E-state index in [-0.39, 0.29) is 18.0 Å². The number of benzene rings is 3. The van der Waals surface area contributed by atoms with E-state index in [0.717, 1.165) is 9.13 Å². The molecule has 0 spiro atoms. The zero-order valence-corrected chi connectivity index (χ0v) is 19.5. The van der Waals surface area contributed by atoms with E-state index in [1.54, 1.807) is 48.5 Å². The van der Waals surface area contributed by atoms with Gasteiger partial charge < -0.3 is 9.84 Å². The average Bonchev–Trinajstić information content (AvgIpc) is 2.62. The molecule has 0 unspecified atom stereocenters. The Hall–Kier alpha value is -1.03. The quantitative estimate of drug-likeness (QED) is 0.243. The molecule has 7 heteroatoms. The van der Waals surface area contributed by atoms with E-state index < -0.39 is 0 Å². The lowest BCUT2D eigenvalue weighted by Gasteiger charge is -2.10. The molecule has 0 aliphatic heterocycles. The van der Waals surface area contributed by atoms with Crippen LogP contribution in [0.1, 0.15) is 15.9 Å². The zero-order valence-electron chi connectivity index (χ0n) is 13.7. The minimum atomic E-state index is -0.175. The van der Waals surface area contributed by atoms with Gasteiger partial charge in [-0.25, -0.2) is 0 Å². The number of rotatable bonds is 5. The van der Waals surface area contributed by atoms with Gasteiger partial charge in [-0.2, -0.15) is 0 Å². The molecule has 0 saturated carbocycles. The molecule has 0 saturated heterocycles. The summed E-state index contributed by atoms with van der Waals surface area (Å²) < 4.78 is 7.28. The summed E-state index contributed by atoms with van der Waals surface area (Å²) in [6, 6.07) is 15.6. The van der Waals surface area contributed by atoms with Gasteiger partial charge in [-0.3, -0.25) is 4.79 Å². The fraction of sp³-hybridized carbons (Fsp3) is 0.0500. The van der Waals surface area contributed by atoms with Crippen LogP contribution in [-0.4, -0.2) is 10.9 Å². The molecule has 0 fully saturated rings. The number of ether oxygens (including phenoxy) is 1. The Morgan fingerprint density at radius 1 is 1.00 bits per heavy atom. The summed E-state index contributed by atoms with van der Waals surface area (Å²) in [5.41, 5.74) is 1.05. The third kappa shape index (κ3) is 5.28. The van der Waals surface area contributed by atoms with Crippen LogP contribution in [0, 0.1) is 7.14 Å². The molecule has 3 aromatic rings. The van der Waals surface area contributed by atoms with Gasteiger partial charge in [-0.1, -0.05) is 29.3 Å². The molecule has 138 valence electrons. The standard InChI is InChI=1S/C20H12Cl2I2O3/c21-12-2-4-14(5-3-12)27-19-6-1-11(7-16(19)22)8-18(25)15-9-13(23)10-17(24)20(15)26/h1-7,9-10,26H,8H2. The van der Waals surface area contributed by atoms with Crippen molar-refractivity contribution in [3.05, 3.63) is 82.9 Å². The molecule has 0 aliphatic carbocycles. The van der Waals surface area contributed by atoms with Gasteiger partial charge in [0.2, 0.25) is 0 Å². The molecule has 0 amide bonds. The Labute approximate surface area is 193 Å². The predicted molar refractivity (Wildman–Crippen MR) is 125 cm³/mol. The molecule has 0 bridgehead atoms. The van der Waals surface area contributed by atoms with Crippen molar-refractivity contribution < 1.29 is 14.6 Å². The zero-order chi connectivity index (χ0) is 19.6. The highest BCUT2D eigenvalue weighted by atomic mass is 127. The lowest BCUT2D eigenvalue weighted by Crippen LogP contribution is -2.05. The van der Waals surface area contributed by atoms with Gasteiger partial charge in [0.25, 0.3) is 0 Å². The molecule has 3 aromatic carbocycles. The van der Waals surface area contributed by atoms with Crippen LogP contribution in [0.15, 0.2) is 54.6 Å². The van der Waals surface area contributed by atoms with E-state index in [2.05, 4.69) is 22.6 Å². The summed E-state index contributed by atoms with van der Waals surface area (Å²) in [5.74, 6) is 0.937. The molecule has 0 atom stereocenters. The number of halogens is 4. The summed E-state index contributed by atoms with van der Waals surface area (Å²) in [4.78, 5) is 12.6. The molecule has 0 radical (unpaired) electrons. The van der Waals surface area contributed by atoms with Gasteiger partial charge in [0.05, 0.1) is 14.2 Å². The summed E-state index contributed by atoms with van der Waals surface area (Å²) in [5, 5.41) is 11.2. The lowest BCUT2D eigenvalue weighted by atomic mass is 10.0. The molecular weight excluding hydrogens is 613 g/mol. The van der Waals surface area contributed by atoms with E-state index in [4.69, 9.17) is 27.9 Å². The Morgan fingerprint density at radius 2 is 1.70 bits per heavy atom.